The number of hydrogen-bond donors (Lipinski definition) is 2. The molecule has 0 aliphatic rings. The van der Waals surface area contributed by atoms with Crippen LogP contribution < -0.4 is 5.32 Å². The lowest BCUT2D eigenvalue weighted by atomic mass is 10.1. The Balaban J connectivity index is 2.76. The Morgan fingerprint density at radius 1 is 1.56 bits per heavy atom. The van der Waals surface area contributed by atoms with Crippen molar-refractivity contribution in [3.8, 4) is 0 Å². The van der Waals surface area contributed by atoms with Gasteiger partial charge in [0.1, 0.15) is 0 Å². The van der Waals surface area contributed by atoms with Gasteiger partial charge >= 0.3 is 0 Å². The number of aliphatic hydroxyl groups excluding tert-OH is 1. The van der Waals surface area contributed by atoms with Crippen LogP contribution in [0.4, 0.5) is 11.4 Å². The molecule has 1 aromatic carbocycles. The number of anilines is 1. The van der Waals surface area contributed by atoms with Crippen LogP contribution in [0.25, 0.3) is 0 Å². The molecule has 0 aliphatic heterocycles. The third-order valence-electron chi connectivity index (χ3n) is 2.57. The zero-order chi connectivity index (χ0) is 13.7. The van der Waals surface area contributed by atoms with Crippen LogP contribution in [-0.2, 0) is 4.79 Å². The molecule has 2 N–H and O–H groups in total. The average Bonchev–Trinajstić information content (AvgIpc) is 2.29. The highest BCUT2D eigenvalue weighted by atomic mass is 16.6. The van der Waals surface area contributed by atoms with Gasteiger partial charge in [0, 0.05) is 12.5 Å². The molecule has 0 aromatic heterocycles. The van der Waals surface area contributed by atoms with Crippen LogP contribution >= 0.6 is 0 Å². The van der Waals surface area contributed by atoms with Crippen LogP contribution in [0.1, 0.15) is 25.3 Å². The first kappa shape index (κ1) is 14.1. The summed E-state index contributed by atoms with van der Waals surface area (Å²) in [5.74, 6) is -0.264. The van der Waals surface area contributed by atoms with E-state index in [9.17, 15) is 14.9 Å². The Labute approximate surface area is 105 Å². The fourth-order valence-corrected chi connectivity index (χ4v) is 1.51. The molecule has 6 nitrogen and oxygen atoms in total. The van der Waals surface area contributed by atoms with Gasteiger partial charge in [-0.1, -0.05) is 6.07 Å². The summed E-state index contributed by atoms with van der Waals surface area (Å²) in [7, 11) is 0. The Hall–Kier alpha value is -1.95. The number of nitrogens with one attached hydrogen (secondary N) is 1. The molecule has 1 unspecified atom stereocenters. The third kappa shape index (κ3) is 3.81. The van der Waals surface area contributed by atoms with E-state index in [2.05, 4.69) is 5.32 Å². The molecule has 0 saturated heterocycles. The van der Waals surface area contributed by atoms with Crippen molar-refractivity contribution in [2.75, 3.05) is 5.32 Å². The minimum Gasteiger partial charge on any atom is -0.393 e. The smallest absolute Gasteiger partial charge is 0.274 e. The first-order chi connectivity index (χ1) is 8.41. The summed E-state index contributed by atoms with van der Waals surface area (Å²) in [5, 5.41) is 22.4. The molecule has 1 atom stereocenters. The predicted octanol–water partition coefficient (Wildman–Crippen LogP) is 2.00. The maximum absolute atomic E-state index is 11.6. The quantitative estimate of drug-likeness (QED) is 0.619. The second kappa shape index (κ2) is 6.11. The molecule has 0 spiro atoms. The number of carbonyl (C=O) groups is 1. The highest BCUT2D eigenvalue weighted by Gasteiger charge is 2.14. The Bertz CT molecular complexity index is 457. The molecule has 18 heavy (non-hydrogen) atoms. The largest absolute Gasteiger partial charge is 0.393 e. The zero-order valence-electron chi connectivity index (χ0n) is 10.3. The number of benzene rings is 1. The normalized spacial score (nSPS) is 11.9. The van der Waals surface area contributed by atoms with E-state index in [-0.39, 0.29) is 18.0 Å². The van der Waals surface area contributed by atoms with E-state index in [4.69, 9.17) is 5.11 Å². The van der Waals surface area contributed by atoms with E-state index >= 15 is 0 Å². The number of nitro groups is 1. The van der Waals surface area contributed by atoms with Crippen molar-refractivity contribution >= 4 is 17.3 Å². The molecular weight excluding hydrogens is 236 g/mol. The van der Waals surface area contributed by atoms with Crippen molar-refractivity contribution in [2.45, 2.75) is 32.8 Å². The van der Waals surface area contributed by atoms with Gasteiger partial charge in [0.15, 0.2) is 0 Å². The van der Waals surface area contributed by atoms with Crippen LogP contribution in [0.3, 0.4) is 0 Å². The second-order valence-corrected chi connectivity index (χ2v) is 4.14. The van der Waals surface area contributed by atoms with Crippen molar-refractivity contribution in [2.24, 2.45) is 0 Å². The van der Waals surface area contributed by atoms with Gasteiger partial charge in [-0.2, -0.15) is 0 Å². The maximum atomic E-state index is 11.6. The molecular formula is C12H16N2O4. The van der Waals surface area contributed by atoms with E-state index < -0.39 is 11.0 Å². The number of rotatable bonds is 5. The van der Waals surface area contributed by atoms with Gasteiger partial charge < -0.3 is 10.4 Å². The van der Waals surface area contributed by atoms with E-state index in [1.165, 1.54) is 12.1 Å². The van der Waals surface area contributed by atoms with Crippen LogP contribution in [0.15, 0.2) is 18.2 Å². The third-order valence-corrected chi connectivity index (χ3v) is 2.57. The fraction of sp³-hybridized carbons (Fsp3) is 0.417. The summed E-state index contributed by atoms with van der Waals surface area (Å²) >= 11 is 0. The fourth-order valence-electron chi connectivity index (χ4n) is 1.51. The SMILES string of the molecule is Cc1c(NC(=O)CCC(C)O)cccc1[N+](=O)[O-]. The van der Waals surface area contributed by atoms with Crippen LogP contribution in [0.5, 0.6) is 0 Å². The number of nitro benzene ring substituents is 1. The second-order valence-electron chi connectivity index (χ2n) is 4.14. The van der Waals surface area contributed by atoms with Crippen LogP contribution in [-0.4, -0.2) is 22.0 Å². The van der Waals surface area contributed by atoms with Crippen molar-refractivity contribution in [1.29, 1.82) is 0 Å². The van der Waals surface area contributed by atoms with Gasteiger partial charge in [-0.25, -0.2) is 0 Å². The standard InChI is InChI=1S/C12H16N2O4/c1-8(15)6-7-12(16)13-10-4-3-5-11(9(10)2)14(17)18/h3-5,8,15H,6-7H2,1-2H3,(H,13,16). The monoisotopic (exact) mass is 252 g/mol. The molecule has 98 valence electrons. The van der Waals surface area contributed by atoms with E-state index in [0.29, 0.717) is 17.7 Å². The van der Waals surface area contributed by atoms with Crippen molar-refractivity contribution < 1.29 is 14.8 Å². The lowest BCUT2D eigenvalue weighted by Gasteiger charge is -2.09. The van der Waals surface area contributed by atoms with Crippen molar-refractivity contribution in [3.05, 3.63) is 33.9 Å². The number of amides is 1. The summed E-state index contributed by atoms with van der Waals surface area (Å²) < 4.78 is 0. The van der Waals surface area contributed by atoms with Gasteiger partial charge in [-0.05, 0) is 26.3 Å². The lowest BCUT2D eigenvalue weighted by molar-refractivity contribution is -0.385. The Kier molecular flexibility index (Phi) is 4.79. The molecule has 0 radical (unpaired) electrons. The molecule has 0 aliphatic carbocycles. The number of aliphatic hydroxyl groups is 1. The van der Waals surface area contributed by atoms with E-state index in [1.54, 1.807) is 19.9 Å². The Morgan fingerprint density at radius 2 is 2.22 bits per heavy atom. The van der Waals surface area contributed by atoms with Gasteiger partial charge in [-0.15, -0.1) is 0 Å². The molecule has 6 heteroatoms. The number of nitrogens with zero attached hydrogens (tertiary/aromatic N) is 1. The predicted molar refractivity (Wildman–Crippen MR) is 67.4 cm³/mol. The Morgan fingerprint density at radius 3 is 2.78 bits per heavy atom. The first-order valence-corrected chi connectivity index (χ1v) is 5.63. The molecule has 0 saturated carbocycles. The molecule has 0 heterocycles. The van der Waals surface area contributed by atoms with Crippen molar-refractivity contribution in [1.82, 2.24) is 0 Å². The van der Waals surface area contributed by atoms with Gasteiger partial charge in [0.25, 0.3) is 5.69 Å². The minimum atomic E-state index is -0.540. The topological polar surface area (TPSA) is 92.5 Å². The van der Waals surface area contributed by atoms with E-state index in [1.807, 2.05) is 0 Å². The van der Waals surface area contributed by atoms with Gasteiger partial charge in [0.2, 0.25) is 5.91 Å². The van der Waals surface area contributed by atoms with Gasteiger partial charge in [-0.3, -0.25) is 14.9 Å². The average molecular weight is 252 g/mol. The summed E-state index contributed by atoms with van der Waals surface area (Å²) in [4.78, 5) is 21.8. The number of hydrogen-bond acceptors (Lipinski definition) is 4. The van der Waals surface area contributed by atoms with Gasteiger partial charge in [0.05, 0.1) is 22.3 Å². The molecule has 0 fully saturated rings. The minimum absolute atomic E-state index is 0.0247. The summed E-state index contributed by atoms with van der Waals surface area (Å²) in [6.45, 7) is 3.19. The molecule has 1 amide bonds. The van der Waals surface area contributed by atoms with Crippen LogP contribution in [0.2, 0.25) is 0 Å². The summed E-state index contributed by atoms with van der Waals surface area (Å²) in [6, 6.07) is 4.53. The molecule has 0 bridgehead atoms. The molecule has 1 rings (SSSR count). The van der Waals surface area contributed by atoms with Crippen LogP contribution in [0, 0.1) is 17.0 Å². The summed E-state index contributed by atoms with van der Waals surface area (Å²) in [5.41, 5.74) is 0.830. The zero-order valence-corrected chi connectivity index (χ0v) is 10.3. The van der Waals surface area contributed by atoms with Crippen molar-refractivity contribution in [3.63, 3.8) is 0 Å². The summed E-state index contributed by atoms with van der Waals surface area (Å²) in [6.07, 6.45) is 0.00142. The lowest BCUT2D eigenvalue weighted by Crippen LogP contribution is -2.15. The first-order valence-electron chi connectivity index (χ1n) is 5.63. The van der Waals surface area contributed by atoms with E-state index in [0.717, 1.165) is 0 Å². The maximum Gasteiger partial charge on any atom is 0.274 e. The highest BCUT2D eigenvalue weighted by Crippen LogP contribution is 2.25. The number of carbonyl (C=O) groups excluding carboxylic acids is 1. The molecule has 1 aromatic rings. The highest BCUT2D eigenvalue weighted by molar-refractivity contribution is 5.92.